The Bertz CT molecular complexity index is 2410. The molecule has 2 N–H and O–H groups in total. The van der Waals surface area contributed by atoms with E-state index in [0.717, 1.165) is 36.8 Å². The highest BCUT2D eigenvalue weighted by molar-refractivity contribution is 7.23. The number of anilines is 3. The largest absolute Gasteiger partial charge is 0.461 e. The maximum Gasteiger partial charge on any atom is 0.412 e. The molecule has 0 unspecified atom stereocenters. The van der Waals surface area contributed by atoms with Crippen molar-refractivity contribution in [3.05, 3.63) is 64.9 Å². The standard InChI is InChI=1S/C40H40ClF3N8O4S/c1-39(2,3)56-38(54)50-36-26(18-45)30-24(10-11-28(43)34(30)57-36)31-27(41)16-25-33(32(31)44)48-37(55-21-40-12-7-15-52(40)20-22(42)17-40)49-35(25)51(4)14-6-9-29(53)47-23-8-5-13-46-19-23/h5,8,10-11,13,16,19,22H,6-7,9,12,14-15,17,20-21H2,1-4H3,(H,47,53)(H,50,54)/t22-,40+/m1/s1. The van der Waals surface area contributed by atoms with Gasteiger partial charge >= 0.3 is 12.1 Å². The van der Waals surface area contributed by atoms with Gasteiger partial charge < -0.3 is 19.7 Å². The SMILES string of the molecule is CN(CCCC(=O)Nc1cccnc1)c1nc(OC[C@@]23CCCN2C[C@H](F)C3)nc2c(F)c(-c3ccc(F)c4sc(NC(=O)OC(C)(C)C)c(C#N)c34)c(Cl)cc12. The Morgan fingerprint density at radius 3 is 2.75 bits per heavy atom. The van der Waals surface area contributed by atoms with Gasteiger partial charge in [0.25, 0.3) is 0 Å². The number of halogens is 4. The quantitative estimate of drug-likeness (QED) is 0.133. The summed E-state index contributed by atoms with van der Waals surface area (Å²) >= 11 is 7.70. The Morgan fingerprint density at radius 1 is 1.21 bits per heavy atom. The van der Waals surface area contributed by atoms with E-state index in [9.17, 15) is 19.2 Å². The molecule has 12 nitrogen and oxygen atoms in total. The molecular formula is C40H40ClF3N8O4S. The van der Waals surface area contributed by atoms with Crippen LogP contribution in [-0.2, 0) is 9.53 Å². The molecule has 57 heavy (non-hydrogen) atoms. The summed E-state index contributed by atoms with van der Waals surface area (Å²) in [7, 11) is 1.74. The number of hydrogen-bond acceptors (Lipinski definition) is 11. The molecule has 0 bridgehead atoms. The van der Waals surface area contributed by atoms with Crippen molar-refractivity contribution in [1.82, 2.24) is 19.9 Å². The minimum atomic E-state index is -0.992. The number of nitrogens with one attached hydrogen (secondary N) is 2. The number of nitriles is 1. The molecule has 0 radical (unpaired) electrons. The molecular weight excluding hydrogens is 781 g/mol. The summed E-state index contributed by atoms with van der Waals surface area (Å²) in [5.74, 6) is -1.52. The summed E-state index contributed by atoms with van der Waals surface area (Å²) in [5.41, 5.74) is -1.14. The van der Waals surface area contributed by atoms with Crippen LogP contribution in [0.5, 0.6) is 6.01 Å². The number of rotatable bonds is 11. The normalized spacial score (nSPS) is 18.1. The number of carbonyl (C=O) groups is 2. The zero-order valence-corrected chi connectivity index (χ0v) is 33.3. The summed E-state index contributed by atoms with van der Waals surface area (Å²) in [6.45, 7) is 6.50. The predicted octanol–water partition coefficient (Wildman–Crippen LogP) is 8.87. The van der Waals surface area contributed by atoms with Crippen LogP contribution in [0.2, 0.25) is 5.02 Å². The molecule has 2 atom stereocenters. The fraction of sp³-hybridized carbons (Fsp3) is 0.400. The zero-order chi connectivity index (χ0) is 40.6. The molecule has 2 saturated heterocycles. The monoisotopic (exact) mass is 820 g/mol. The lowest BCUT2D eigenvalue weighted by Crippen LogP contribution is -2.43. The van der Waals surface area contributed by atoms with Crippen molar-refractivity contribution in [1.29, 1.82) is 5.26 Å². The first-order chi connectivity index (χ1) is 27.2. The molecule has 5 aromatic rings. The van der Waals surface area contributed by atoms with Crippen LogP contribution < -0.4 is 20.3 Å². The Morgan fingerprint density at radius 2 is 2.02 bits per heavy atom. The van der Waals surface area contributed by atoms with E-state index in [1.54, 1.807) is 57.2 Å². The molecule has 17 heteroatoms. The number of aromatic nitrogens is 3. The number of fused-ring (bicyclic) bond motifs is 3. The third-order valence-corrected chi connectivity index (χ3v) is 11.5. The molecule has 0 spiro atoms. The number of nitrogens with zero attached hydrogens (tertiary/aromatic N) is 6. The van der Waals surface area contributed by atoms with Crippen LogP contribution in [0.1, 0.15) is 58.4 Å². The predicted molar refractivity (Wildman–Crippen MR) is 214 cm³/mol. The molecule has 2 aliphatic heterocycles. The van der Waals surface area contributed by atoms with E-state index in [2.05, 4.69) is 25.5 Å². The Balaban J connectivity index is 1.28. The van der Waals surface area contributed by atoms with Crippen molar-refractivity contribution in [2.45, 2.75) is 70.2 Å². The van der Waals surface area contributed by atoms with E-state index in [1.165, 1.54) is 12.1 Å². The Kier molecular flexibility index (Phi) is 11.2. The average molecular weight is 821 g/mol. The minimum absolute atomic E-state index is 0.00604. The summed E-state index contributed by atoms with van der Waals surface area (Å²) in [6, 6.07) is 9.29. The van der Waals surface area contributed by atoms with E-state index in [-0.39, 0.29) is 78.5 Å². The molecule has 3 aromatic heterocycles. The van der Waals surface area contributed by atoms with E-state index >= 15 is 8.78 Å². The molecule has 0 saturated carbocycles. The number of thiophene rings is 1. The van der Waals surface area contributed by atoms with Crippen molar-refractivity contribution >= 4 is 72.4 Å². The van der Waals surface area contributed by atoms with Gasteiger partial charge in [-0.3, -0.25) is 20.0 Å². The van der Waals surface area contributed by atoms with Gasteiger partial charge in [-0.15, -0.1) is 11.3 Å². The number of pyridine rings is 1. The molecule has 2 aliphatic rings. The summed E-state index contributed by atoms with van der Waals surface area (Å²) in [6.07, 6.45) is 3.80. The molecule has 298 valence electrons. The van der Waals surface area contributed by atoms with Gasteiger partial charge in [0.1, 0.15) is 46.6 Å². The highest BCUT2D eigenvalue weighted by Crippen LogP contribution is 2.47. The summed E-state index contributed by atoms with van der Waals surface area (Å²) < 4.78 is 58.8. The summed E-state index contributed by atoms with van der Waals surface area (Å²) in [4.78, 5) is 42.4. The van der Waals surface area contributed by atoms with Gasteiger partial charge in [-0.2, -0.15) is 15.2 Å². The van der Waals surface area contributed by atoms with Crippen LogP contribution in [0.4, 0.5) is 34.5 Å². The van der Waals surface area contributed by atoms with Gasteiger partial charge in [0.15, 0.2) is 5.82 Å². The number of carbonyl (C=O) groups excluding carboxylic acids is 2. The van der Waals surface area contributed by atoms with Gasteiger partial charge in [0.05, 0.1) is 32.7 Å². The second-order valence-electron chi connectivity index (χ2n) is 15.3. The number of amides is 2. The van der Waals surface area contributed by atoms with Crippen molar-refractivity contribution < 1.29 is 32.2 Å². The van der Waals surface area contributed by atoms with E-state index in [0.29, 0.717) is 31.6 Å². The molecule has 5 heterocycles. The topological polar surface area (TPSA) is 146 Å². The van der Waals surface area contributed by atoms with Gasteiger partial charge in [-0.05, 0) is 76.4 Å². The zero-order valence-electron chi connectivity index (χ0n) is 31.7. The van der Waals surface area contributed by atoms with Gasteiger partial charge in [-0.25, -0.2) is 18.0 Å². The van der Waals surface area contributed by atoms with Gasteiger partial charge in [-0.1, -0.05) is 17.7 Å². The van der Waals surface area contributed by atoms with Crippen molar-refractivity contribution in [2.75, 3.05) is 48.8 Å². The fourth-order valence-corrected chi connectivity index (χ4v) is 8.99. The van der Waals surface area contributed by atoms with Crippen molar-refractivity contribution in [2.24, 2.45) is 0 Å². The highest BCUT2D eigenvalue weighted by atomic mass is 35.5. The first kappa shape index (κ1) is 40.0. The molecule has 0 aliphatic carbocycles. The number of hydrogen-bond donors (Lipinski definition) is 2. The molecule has 2 aromatic carbocycles. The lowest BCUT2D eigenvalue weighted by atomic mass is 9.95. The Hall–Kier alpha value is -5.24. The minimum Gasteiger partial charge on any atom is -0.461 e. The highest BCUT2D eigenvalue weighted by Gasteiger charge is 2.49. The van der Waals surface area contributed by atoms with Gasteiger partial charge in [0.2, 0.25) is 5.91 Å². The fourth-order valence-electron chi connectivity index (χ4n) is 7.62. The maximum absolute atomic E-state index is 17.2. The third kappa shape index (κ3) is 8.28. The lowest BCUT2D eigenvalue weighted by molar-refractivity contribution is -0.116. The molecule has 2 amide bonds. The van der Waals surface area contributed by atoms with Crippen LogP contribution in [0, 0.1) is 23.0 Å². The van der Waals surface area contributed by atoms with Crippen LogP contribution >= 0.6 is 22.9 Å². The average Bonchev–Trinajstić information content (AvgIpc) is 3.81. The number of ether oxygens (including phenoxy) is 2. The first-order valence-corrected chi connectivity index (χ1v) is 19.6. The van der Waals surface area contributed by atoms with E-state index in [4.69, 9.17) is 26.1 Å². The Labute approximate surface area is 335 Å². The third-order valence-electron chi connectivity index (χ3n) is 10.1. The van der Waals surface area contributed by atoms with E-state index in [1.807, 2.05) is 6.07 Å². The van der Waals surface area contributed by atoms with Crippen molar-refractivity contribution in [3.63, 3.8) is 0 Å². The smallest absolute Gasteiger partial charge is 0.412 e. The van der Waals surface area contributed by atoms with Gasteiger partial charge in [0, 0.05) is 55.5 Å². The first-order valence-electron chi connectivity index (χ1n) is 18.4. The van der Waals surface area contributed by atoms with Crippen LogP contribution in [0.3, 0.4) is 0 Å². The number of benzene rings is 2. The van der Waals surface area contributed by atoms with Crippen LogP contribution in [-0.4, -0.2) is 82.5 Å². The lowest BCUT2D eigenvalue weighted by Gasteiger charge is -2.31. The van der Waals surface area contributed by atoms with Crippen LogP contribution in [0.15, 0.2) is 42.7 Å². The van der Waals surface area contributed by atoms with E-state index < -0.39 is 35.0 Å². The van der Waals surface area contributed by atoms with Crippen LogP contribution in [0.25, 0.3) is 32.1 Å². The number of alkyl halides is 1. The second-order valence-corrected chi connectivity index (χ2v) is 16.7. The molecule has 7 rings (SSSR count). The van der Waals surface area contributed by atoms with Crippen molar-refractivity contribution in [3.8, 4) is 23.2 Å². The summed E-state index contributed by atoms with van der Waals surface area (Å²) in [5, 5.41) is 15.8. The second kappa shape index (κ2) is 16.0. The maximum atomic E-state index is 17.2. The molecule has 2 fully saturated rings.